The third kappa shape index (κ3) is 4.51. The van der Waals surface area contributed by atoms with Crippen LogP contribution in [0.4, 0.5) is 34.9 Å². The Hall–Kier alpha value is -4.07. The van der Waals surface area contributed by atoms with Gasteiger partial charge in [0, 0.05) is 18.6 Å². The van der Waals surface area contributed by atoms with Crippen LogP contribution in [0.3, 0.4) is 0 Å². The van der Waals surface area contributed by atoms with Gasteiger partial charge in [-0.25, -0.2) is 19.9 Å². The fourth-order valence-corrected chi connectivity index (χ4v) is 2.34. The molecule has 27 heavy (non-hydrogen) atoms. The summed E-state index contributed by atoms with van der Waals surface area (Å²) in [5.74, 6) is 4.03. The number of hydrogen-bond acceptors (Lipinski definition) is 8. The van der Waals surface area contributed by atoms with Gasteiger partial charge in [-0.15, -0.1) is 0 Å². The monoisotopic (exact) mass is 356 g/mol. The van der Waals surface area contributed by atoms with E-state index in [9.17, 15) is 0 Å². The van der Waals surface area contributed by atoms with Crippen molar-refractivity contribution in [3.05, 3.63) is 79.4 Å². The van der Waals surface area contributed by atoms with Gasteiger partial charge >= 0.3 is 0 Å². The molecule has 4 aromatic rings. The summed E-state index contributed by atoms with van der Waals surface area (Å²) in [7, 11) is 0. The summed E-state index contributed by atoms with van der Waals surface area (Å²) < 4.78 is 0. The third-order valence-electron chi connectivity index (χ3n) is 3.49. The molecule has 0 aromatic carbocycles. The Morgan fingerprint density at radius 2 is 1.04 bits per heavy atom. The molecule has 4 heterocycles. The lowest BCUT2D eigenvalue weighted by atomic mass is 10.4. The van der Waals surface area contributed by atoms with Gasteiger partial charge in [-0.2, -0.15) is 0 Å². The first-order valence-corrected chi connectivity index (χ1v) is 8.27. The average molecular weight is 356 g/mol. The lowest BCUT2D eigenvalue weighted by Gasteiger charge is -2.10. The SMILES string of the molecule is c1ccc(Nc2cccc(Nc3cccc(Nc4cnccn4)n3)n2)nc1. The number of aromatic nitrogens is 5. The van der Waals surface area contributed by atoms with Gasteiger partial charge in [0.15, 0.2) is 0 Å². The van der Waals surface area contributed by atoms with Crippen molar-refractivity contribution in [2.45, 2.75) is 0 Å². The van der Waals surface area contributed by atoms with E-state index in [2.05, 4.69) is 40.9 Å². The van der Waals surface area contributed by atoms with Crippen molar-refractivity contribution in [1.29, 1.82) is 0 Å². The fourth-order valence-electron chi connectivity index (χ4n) is 2.34. The standard InChI is InChI=1S/C19H16N8/c1-2-10-21-14(5-1)23-15-6-3-7-16(24-15)25-17-8-4-9-18(26-17)27-19-13-20-11-12-22-19/h1-13H,(H3,21,22,23,24,25,26,27). The maximum Gasteiger partial charge on any atom is 0.150 e. The summed E-state index contributed by atoms with van der Waals surface area (Å²) in [6.45, 7) is 0. The van der Waals surface area contributed by atoms with Gasteiger partial charge in [0.2, 0.25) is 0 Å². The molecule has 0 spiro atoms. The molecule has 0 aliphatic heterocycles. The number of hydrogen-bond donors (Lipinski definition) is 3. The smallest absolute Gasteiger partial charge is 0.150 e. The number of nitrogens with zero attached hydrogens (tertiary/aromatic N) is 5. The summed E-state index contributed by atoms with van der Waals surface area (Å²) in [5, 5.41) is 9.47. The molecule has 0 aliphatic carbocycles. The molecule has 0 atom stereocenters. The number of nitrogens with one attached hydrogen (secondary N) is 3. The van der Waals surface area contributed by atoms with Crippen molar-refractivity contribution in [2.24, 2.45) is 0 Å². The highest BCUT2D eigenvalue weighted by molar-refractivity contribution is 5.60. The first kappa shape index (κ1) is 16.4. The van der Waals surface area contributed by atoms with Gasteiger partial charge in [-0.05, 0) is 36.4 Å². The van der Waals surface area contributed by atoms with E-state index in [1.165, 1.54) is 0 Å². The molecule has 0 saturated heterocycles. The molecule has 0 saturated carbocycles. The zero-order valence-electron chi connectivity index (χ0n) is 14.2. The van der Waals surface area contributed by atoms with Gasteiger partial charge in [-0.1, -0.05) is 18.2 Å². The van der Waals surface area contributed by atoms with Crippen LogP contribution in [0.15, 0.2) is 79.4 Å². The Morgan fingerprint density at radius 1 is 0.481 bits per heavy atom. The Morgan fingerprint density at radius 3 is 1.59 bits per heavy atom. The molecule has 8 nitrogen and oxygen atoms in total. The van der Waals surface area contributed by atoms with Gasteiger partial charge in [0.25, 0.3) is 0 Å². The topological polar surface area (TPSA) is 101 Å². The summed E-state index contributed by atoms with van der Waals surface area (Å²) in [5.41, 5.74) is 0. The minimum absolute atomic E-state index is 0.627. The Balaban J connectivity index is 1.47. The molecule has 3 N–H and O–H groups in total. The van der Waals surface area contributed by atoms with E-state index in [1.807, 2.05) is 54.6 Å². The second-order valence-electron chi connectivity index (χ2n) is 5.50. The molecule has 8 heteroatoms. The van der Waals surface area contributed by atoms with Crippen LogP contribution in [0.1, 0.15) is 0 Å². The van der Waals surface area contributed by atoms with E-state index < -0.39 is 0 Å². The van der Waals surface area contributed by atoms with E-state index in [1.54, 1.807) is 24.8 Å². The molecule has 0 aliphatic rings. The summed E-state index contributed by atoms with van der Waals surface area (Å²) in [6.07, 6.45) is 6.60. The normalized spacial score (nSPS) is 10.2. The number of anilines is 6. The van der Waals surface area contributed by atoms with Crippen LogP contribution < -0.4 is 16.0 Å². The van der Waals surface area contributed by atoms with Crippen molar-refractivity contribution >= 4 is 34.9 Å². The van der Waals surface area contributed by atoms with Gasteiger partial charge in [0.1, 0.15) is 34.9 Å². The molecule has 0 bridgehead atoms. The van der Waals surface area contributed by atoms with Crippen molar-refractivity contribution in [2.75, 3.05) is 16.0 Å². The molecular formula is C19H16N8. The molecule has 132 valence electrons. The Labute approximate surface area is 155 Å². The molecular weight excluding hydrogens is 340 g/mol. The zero-order chi connectivity index (χ0) is 18.3. The molecule has 4 rings (SSSR count). The minimum Gasteiger partial charge on any atom is -0.325 e. The van der Waals surface area contributed by atoms with Crippen LogP contribution in [0.25, 0.3) is 0 Å². The highest BCUT2D eigenvalue weighted by Crippen LogP contribution is 2.19. The highest BCUT2D eigenvalue weighted by atomic mass is 15.1. The van der Waals surface area contributed by atoms with E-state index in [0.717, 1.165) is 5.82 Å². The second kappa shape index (κ2) is 7.87. The molecule has 0 fully saturated rings. The van der Waals surface area contributed by atoms with Crippen LogP contribution in [-0.4, -0.2) is 24.9 Å². The first-order chi connectivity index (χ1) is 13.3. The second-order valence-corrected chi connectivity index (χ2v) is 5.50. The van der Waals surface area contributed by atoms with E-state index in [0.29, 0.717) is 29.1 Å². The van der Waals surface area contributed by atoms with Crippen molar-refractivity contribution in [3.8, 4) is 0 Å². The lowest BCUT2D eigenvalue weighted by Crippen LogP contribution is -2.01. The number of pyridine rings is 3. The van der Waals surface area contributed by atoms with Crippen LogP contribution in [0.2, 0.25) is 0 Å². The fraction of sp³-hybridized carbons (Fsp3) is 0. The van der Waals surface area contributed by atoms with Crippen LogP contribution >= 0.6 is 0 Å². The molecule has 4 aromatic heterocycles. The Kier molecular flexibility index (Phi) is 4.78. The van der Waals surface area contributed by atoms with Gasteiger partial charge < -0.3 is 16.0 Å². The summed E-state index contributed by atoms with van der Waals surface area (Å²) >= 11 is 0. The molecule has 0 unspecified atom stereocenters. The predicted octanol–water partition coefficient (Wildman–Crippen LogP) is 3.89. The largest absolute Gasteiger partial charge is 0.325 e. The maximum absolute atomic E-state index is 4.53. The lowest BCUT2D eigenvalue weighted by molar-refractivity contribution is 1.18. The summed E-state index contributed by atoms with van der Waals surface area (Å²) in [6, 6.07) is 16.9. The van der Waals surface area contributed by atoms with E-state index >= 15 is 0 Å². The van der Waals surface area contributed by atoms with Crippen molar-refractivity contribution < 1.29 is 0 Å². The van der Waals surface area contributed by atoms with Crippen molar-refractivity contribution in [3.63, 3.8) is 0 Å². The highest BCUT2D eigenvalue weighted by Gasteiger charge is 2.03. The third-order valence-corrected chi connectivity index (χ3v) is 3.49. The van der Waals surface area contributed by atoms with Crippen molar-refractivity contribution in [1.82, 2.24) is 24.9 Å². The molecule has 0 radical (unpaired) electrons. The minimum atomic E-state index is 0.627. The predicted molar refractivity (Wildman–Crippen MR) is 105 cm³/mol. The first-order valence-electron chi connectivity index (χ1n) is 8.27. The van der Waals surface area contributed by atoms with E-state index in [-0.39, 0.29) is 0 Å². The zero-order valence-corrected chi connectivity index (χ0v) is 14.2. The maximum atomic E-state index is 4.53. The van der Waals surface area contributed by atoms with Crippen LogP contribution in [-0.2, 0) is 0 Å². The summed E-state index contributed by atoms with van der Waals surface area (Å²) in [4.78, 5) is 21.5. The van der Waals surface area contributed by atoms with Crippen LogP contribution in [0.5, 0.6) is 0 Å². The average Bonchev–Trinajstić information content (AvgIpc) is 2.70. The van der Waals surface area contributed by atoms with Gasteiger partial charge in [0.05, 0.1) is 6.20 Å². The number of rotatable bonds is 6. The molecule has 0 amide bonds. The Bertz CT molecular complexity index is 925. The van der Waals surface area contributed by atoms with Crippen LogP contribution in [0, 0.1) is 0 Å². The van der Waals surface area contributed by atoms with Gasteiger partial charge in [-0.3, -0.25) is 4.98 Å². The quantitative estimate of drug-likeness (QED) is 0.478. The van der Waals surface area contributed by atoms with E-state index in [4.69, 9.17) is 0 Å².